The lowest BCUT2D eigenvalue weighted by Crippen LogP contribution is -2.16. The van der Waals surface area contributed by atoms with E-state index in [4.69, 9.17) is 14.2 Å². The molecule has 0 heterocycles. The Labute approximate surface area is 107 Å². The Balaban J connectivity index is 2.51. The smallest absolute Gasteiger partial charge is 0.340 e. The summed E-state index contributed by atoms with van der Waals surface area (Å²) >= 11 is 0. The van der Waals surface area contributed by atoms with Crippen LogP contribution in [0.2, 0.25) is 0 Å². The van der Waals surface area contributed by atoms with Gasteiger partial charge in [-0.25, -0.2) is 4.79 Å². The average Bonchev–Trinajstić information content (AvgIpc) is 2.39. The number of ether oxygens (including phenoxy) is 3. The second-order valence-electron chi connectivity index (χ2n) is 3.71. The maximum atomic E-state index is 11.6. The molecule has 0 aliphatic carbocycles. The summed E-state index contributed by atoms with van der Waals surface area (Å²) in [6.07, 6.45) is -0.544. The summed E-state index contributed by atoms with van der Waals surface area (Å²) in [6, 6.07) is 7.06. The number of hydrogen-bond acceptors (Lipinski definition) is 5. The van der Waals surface area contributed by atoms with Crippen molar-refractivity contribution >= 4 is 11.7 Å². The number of carbonyl (C=O) groups is 1. The summed E-state index contributed by atoms with van der Waals surface area (Å²) in [5, 5.41) is 3.16. The third-order valence-corrected chi connectivity index (χ3v) is 2.36. The molecule has 0 spiro atoms. The number of anilines is 1. The van der Waals surface area contributed by atoms with Crippen LogP contribution in [-0.4, -0.2) is 39.6 Å². The van der Waals surface area contributed by atoms with E-state index in [9.17, 15) is 4.79 Å². The molecule has 1 rings (SSSR count). The minimum absolute atomic E-state index is 0.396. The number of esters is 1. The fourth-order valence-electron chi connectivity index (χ4n) is 1.29. The summed E-state index contributed by atoms with van der Waals surface area (Å²) in [5.41, 5.74) is 1.43. The highest BCUT2D eigenvalue weighted by molar-refractivity contribution is 5.89. The van der Waals surface area contributed by atoms with Gasteiger partial charge in [-0.3, -0.25) is 0 Å². The van der Waals surface area contributed by atoms with Crippen molar-refractivity contribution in [1.29, 1.82) is 0 Å². The predicted octanol–water partition coefficient (Wildman–Crippen LogP) is 1.89. The zero-order valence-electron chi connectivity index (χ0n) is 10.9. The topological polar surface area (TPSA) is 56.8 Å². The van der Waals surface area contributed by atoms with Crippen LogP contribution in [-0.2, 0) is 14.2 Å². The zero-order valence-corrected chi connectivity index (χ0v) is 10.9. The van der Waals surface area contributed by atoms with Crippen molar-refractivity contribution in [2.75, 3.05) is 32.7 Å². The van der Waals surface area contributed by atoms with E-state index >= 15 is 0 Å². The SMILES string of the molecule is COCCNc1ccc(C(=O)OC(C)OC)cc1. The van der Waals surface area contributed by atoms with Crippen molar-refractivity contribution in [3.63, 3.8) is 0 Å². The summed E-state index contributed by atoms with van der Waals surface area (Å²) in [5.74, 6) is -0.396. The van der Waals surface area contributed by atoms with Crippen LogP contribution in [0.3, 0.4) is 0 Å². The Morgan fingerprint density at radius 3 is 2.50 bits per heavy atom. The van der Waals surface area contributed by atoms with Gasteiger partial charge in [0.15, 0.2) is 6.29 Å². The van der Waals surface area contributed by atoms with E-state index in [-0.39, 0.29) is 0 Å². The van der Waals surface area contributed by atoms with Crippen LogP contribution in [0.1, 0.15) is 17.3 Å². The van der Waals surface area contributed by atoms with Gasteiger partial charge in [0.05, 0.1) is 12.2 Å². The number of benzene rings is 1. The molecule has 100 valence electrons. The monoisotopic (exact) mass is 253 g/mol. The third kappa shape index (κ3) is 4.73. The number of carbonyl (C=O) groups excluding carboxylic acids is 1. The van der Waals surface area contributed by atoms with Crippen molar-refractivity contribution in [3.8, 4) is 0 Å². The first-order valence-corrected chi connectivity index (χ1v) is 5.74. The van der Waals surface area contributed by atoms with Crippen molar-refractivity contribution in [3.05, 3.63) is 29.8 Å². The molecule has 0 bridgehead atoms. The minimum Gasteiger partial charge on any atom is -0.432 e. The van der Waals surface area contributed by atoms with E-state index < -0.39 is 12.3 Å². The first-order chi connectivity index (χ1) is 8.67. The van der Waals surface area contributed by atoms with Crippen LogP contribution in [0.4, 0.5) is 5.69 Å². The van der Waals surface area contributed by atoms with Gasteiger partial charge in [-0.2, -0.15) is 0 Å². The van der Waals surface area contributed by atoms with Crippen LogP contribution >= 0.6 is 0 Å². The van der Waals surface area contributed by atoms with Crippen LogP contribution in [0.25, 0.3) is 0 Å². The summed E-state index contributed by atoms with van der Waals surface area (Å²) in [4.78, 5) is 11.6. The van der Waals surface area contributed by atoms with Crippen molar-refractivity contribution < 1.29 is 19.0 Å². The van der Waals surface area contributed by atoms with Crippen molar-refractivity contribution in [2.24, 2.45) is 0 Å². The molecule has 0 saturated carbocycles. The molecule has 18 heavy (non-hydrogen) atoms. The Morgan fingerprint density at radius 2 is 1.94 bits per heavy atom. The van der Waals surface area contributed by atoms with Crippen LogP contribution in [0.15, 0.2) is 24.3 Å². The molecule has 5 nitrogen and oxygen atoms in total. The van der Waals surface area contributed by atoms with Gasteiger partial charge in [0, 0.05) is 26.5 Å². The Kier molecular flexibility index (Phi) is 6.18. The number of nitrogens with one attached hydrogen (secondary N) is 1. The van der Waals surface area contributed by atoms with Crippen molar-refractivity contribution in [1.82, 2.24) is 0 Å². The van der Waals surface area contributed by atoms with Gasteiger partial charge in [0.1, 0.15) is 0 Å². The summed E-state index contributed by atoms with van der Waals surface area (Å²) in [7, 11) is 3.14. The van der Waals surface area contributed by atoms with Gasteiger partial charge in [-0.1, -0.05) is 0 Å². The molecule has 1 atom stereocenters. The first kappa shape index (κ1) is 14.5. The molecule has 1 aromatic carbocycles. The Morgan fingerprint density at radius 1 is 1.28 bits per heavy atom. The molecule has 0 radical (unpaired) electrons. The molecular formula is C13H19NO4. The van der Waals surface area contributed by atoms with Gasteiger partial charge >= 0.3 is 5.97 Å². The minimum atomic E-state index is -0.544. The molecule has 0 fully saturated rings. The highest BCUT2D eigenvalue weighted by Crippen LogP contribution is 2.11. The molecule has 5 heteroatoms. The van der Waals surface area contributed by atoms with Crippen LogP contribution in [0, 0.1) is 0 Å². The van der Waals surface area contributed by atoms with Crippen LogP contribution < -0.4 is 5.32 Å². The van der Waals surface area contributed by atoms with E-state index in [1.54, 1.807) is 26.2 Å². The largest absolute Gasteiger partial charge is 0.432 e. The van der Waals surface area contributed by atoms with Gasteiger partial charge in [-0.05, 0) is 31.2 Å². The second kappa shape index (κ2) is 7.68. The van der Waals surface area contributed by atoms with E-state index in [0.717, 1.165) is 12.2 Å². The van der Waals surface area contributed by atoms with E-state index in [1.165, 1.54) is 7.11 Å². The van der Waals surface area contributed by atoms with E-state index in [0.29, 0.717) is 12.2 Å². The maximum Gasteiger partial charge on any atom is 0.340 e. The molecule has 0 aromatic heterocycles. The fraction of sp³-hybridized carbons (Fsp3) is 0.462. The molecule has 1 N–H and O–H groups in total. The lowest BCUT2D eigenvalue weighted by molar-refractivity contribution is -0.0773. The van der Waals surface area contributed by atoms with Gasteiger partial charge < -0.3 is 19.5 Å². The molecule has 0 aliphatic rings. The second-order valence-corrected chi connectivity index (χ2v) is 3.71. The molecule has 1 aromatic rings. The molecule has 1 unspecified atom stereocenters. The Hall–Kier alpha value is -1.59. The normalized spacial score (nSPS) is 11.9. The lowest BCUT2D eigenvalue weighted by atomic mass is 10.2. The van der Waals surface area contributed by atoms with E-state index in [1.807, 2.05) is 12.1 Å². The molecule has 0 aliphatic heterocycles. The summed E-state index contributed by atoms with van der Waals surface area (Å²) in [6.45, 7) is 3.02. The van der Waals surface area contributed by atoms with Crippen molar-refractivity contribution in [2.45, 2.75) is 13.2 Å². The van der Waals surface area contributed by atoms with E-state index in [2.05, 4.69) is 5.32 Å². The number of rotatable bonds is 7. The number of hydrogen-bond donors (Lipinski definition) is 1. The first-order valence-electron chi connectivity index (χ1n) is 5.74. The van der Waals surface area contributed by atoms with Gasteiger partial charge in [0.2, 0.25) is 0 Å². The molecule has 0 saturated heterocycles. The van der Waals surface area contributed by atoms with Gasteiger partial charge in [0.25, 0.3) is 0 Å². The molecule has 0 amide bonds. The standard InChI is InChI=1S/C13H19NO4/c1-10(17-3)18-13(15)11-4-6-12(7-5-11)14-8-9-16-2/h4-7,10,14H,8-9H2,1-3H3. The maximum absolute atomic E-state index is 11.6. The summed E-state index contributed by atoms with van der Waals surface area (Å²) < 4.78 is 14.8. The fourth-order valence-corrected chi connectivity index (χ4v) is 1.29. The highest BCUT2D eigenvalue weighted by atomic mass is 16.7. The molecular weight excluding hydrogens is 234 g/mol. The zero-order chi connectivity index (χ0) is 13.4. The quantitative estimate of drug-likeness (QED) is 0.457. The highest BCUT2D eigenvalue weighted by Gasteiger charge is 2.10. The number of methoxy groups -OCH3 is 2. The van der Waals surface area contributed by atoms with Gasteiger partial charge in [-0.15, -0.1) is 0 Å². The Bertz CT molecular complexity index is 364. The average molecular weight is 253 g/mol. The van der Waals surface area contributed by atoms with Crippen LogP contribution in [0.5, 0.6) is 0 Å². The third-order valence-electron chi connectivity index (χ3n) is 2.36. The lowest BCUT2D eigenvalue weighted by Gasteiger charge is -2.11. The predicted molar refractivity (Wildman–Crippen MR) is 68.7 cm³/mol.